The Morgan fingerprint density at radius 3 is 2.71 bits per heavy atom. The first-order valence-electron chi connectivity index (χ1n) is 7.26. The molecule has 0 amide bonds. The van der Waals surface area contributed by atoms with Gasteiger partial charge in [-0.3, -0.25) is 11.3 Å². The third kappa shape index (κ3) is 3.39. The molecule has 3 heterocycles. The lowest BCUT2D eigenvalue weighted by Gasteiger charge is -2.45. The molecule has 7 heteroatoms. The van der Waals surface area contributed by atoms with Crippen LogP contribution in [-0.2, 0) is 9.47 Å². The third-order valence-corrected chi connectivity index (χ3v) is 6.12. The van der Waals surface area contributed by atoms with Crippen LogP contribution in [0, 0.1) is 5.92 Å². The van der Waals surface area contributed by atoms with Crippen LogP contribution in [0.25, 0.3) is 0 Å². The highest BCUT2D eigenvalue weighted by atomic mass is 35.5. The molecule has 0 radical (unpaired) electrons. The molecule has 3 N–H and O–H groups in total. The zero-order chi connectivity index (χ0) is 14.9. The fraction of sp³-hybridized carbons (Fsp3) is 0.714. The van der Waals surface area contributed by atoms with Crippen LogP contribution in [0.1, 0.15) is 37.3 Å². The standard InChI is InChI=1S/C14H20Cl2N2O2S/c15-11-7-10(13(16)21-11)12(18-17)9-1-4-20-14(8-9)2-5-19-6-3-14/h7,9,12,18H,1-6,8,17H2. The minimum Gasteiger partial charge on any atom is -0.381 e. The maximum atomic E-state index is 6.30. The van der Waals surface area contributed by atoms with E-state index in [9.17, 15) is 0 Å². The highest BCUT2D eigenvalue weighted by molar-refractivity contribution is 7.20. The van der Waals surface area contributed by atoms with Crippen LogP contribution in [0.4, 0.5) is 0 Å². The van der Waals surface area contributed by atoms with Crippen LogP contribution in [-0.4, -0.2) is 25.4 Å². The molecule has 1 spiro atoms. The quantitative estimate of drug-likeness (QED) is 0.646. The summed E-state index contributed by atoms with van der Waals surface area (Å²) in [5.74, 6) is 6.21. The van der Waals surface area contributed by atoms with Gasteiger partial charge in [-0.2, -0.15) is 0 Å². The van der Waals surface area contributed by atoms with Gasteiger partial charge in [-0.1, -0.05) is 23.2 Å². The van der Waals surface area contributed by atoms with E-state index in [0.29, 0.717) is 10.3 Å². The van der Waals surface area contributed by atoms with Crippen molar-refractivity contribution in [1.82, 2.24) is 5.43 Å². The monoisotopic (exact) mass is 350 g/mol. The Hall–Kier alpha value is 0.120. The lowest BCUT2D eigenvalue weighted by atomic mass is 9.77. The lowest BCUT2D eigenvalue weighted by Crippen LogP contribution is -2.47. The predicted molar refractivity (Wildman–Crippen MR) is 85.9 cm³/mol. The number of ether oxygens (including phenoxy) is 2. The van der Waals surface area contributed by atoms with Crippen molar-refractivity contribution in [2.45, 2.75) is 37.3 Å². The fourth-order valence-corrected chi connectivity index (χ4v) is 5.04. The molecule has 2 atom stereocenters. The Kier molecular flexibility index (Phi) is 5.11. The van der Waals surface area contributed by atoms with Crippen LogP contribution in [0.2, 0.25) is 8.67 Å². The first-order valence-corrected chi connectivity index (χ1v) is 8.83. The zero-order valence-corrected chi connectivity index (χ0v) is 14.1. The van der Waals surface area contributed by atoms with E-state index in [-0.39, 0.29) is 11.6 Å². The minimum atomic E-state index is -0.0530. The van der Waals surface area contributed by atoms with Crippen molar-refractivity contribution in [3.05, 3.63) is 20.3 Å². The van der Waals surface area contributed by atoms with Crippen molar-refractivity contribution in [2.75, 3.05) is 19.8 Å². The first-order chi connectivity index (χ1) is 10.1. The number of nitrogens with two attached hydrogens (primary N) is 1. The number of hydrogen-bond donors (Lipinski definition) is 2. The molecule has 2 unspecified atom stereocenters. The number of hydrogen-bond acceptors (Lipinski definition) is 5. The summed E-state index contributed by atoms with van der Waals surface area (Å²) in [7, 11) is 0. The van der Waals surface area contributed by atoms with Gasteiger partial charge in [0.1, 0.15) is 0 Å². The van der Waals surface area contributed by atoms with Crippen LogP contribution in [0.15, 0.2) is 6.07 Å². The first kappa shape index (κ1) is 16.0. The molecule has 2 saturated heterocycles. The molecule has 21 heavy (non-hydrogen) atoms. The molecule has 1 aromatic rings. The van der Waals surface area contributed by atoms with Gasteiger partial charge in [0.2, 0.25) is 0 Å². The number of nitrogens with one attached hydrogen (secondary N) is 1. The molecule has 0 saturated carbocycles. The molecule has 118 valence electrons. The van der Waals surface area contributed by atoms with Crippen molar-refractivity contribution in [1.29, 1.82) is 0 Å². The molecule has 0 aromatic carbocycles. The molecule has 2 fully saturated rings. The van der Waals surface area contributed by atoms with Gasteiger partial charge < -0.3 is 9.47 Å². The summed E-state index contributed by atoms with van der Waals surface area (Å²) in [6.07, 6.45) is 3.87. The summed E-state index contributed by atoms with van der Waals surface area (Å²) in [6, 6.07) is 1.94. The molecule has 2 aliphatic heterocycles. The van der Waals surface area contributed by atoms with Gasteiger partial charge in [-0.05, 0) is 37.7 Å². The number of thiophene rings is 1. The molecule has 0 bridgehead atoms. The molecule has 1 aromatic heterocycles. The predicted octanol–water partition coefficient (Wildman–Crippen LogP) is 3.54. The van der Waals surface area contributed by atoms with Gasteiger partial charge in [0.05, 0.1) is 20.3 Å². The van der Waals surface area contributed by atoms with Gasteiger partial charge in [0.25, 0.3) is 0 Å². The van der Waals surface area contributed by atoms with Crippen molar-refractivity contribution < 1.29 is 9.47 Å². The summed E-state index contributed by atoms with van der Waals surface area (Å²) < 4.78 is 13.0. The van der Waals surface area contributed by atoms with E-state index in [1.807, 2.05) is 6.07 Å². The Morgan fingerprint density at radius 1 is 1.33 bits per heavy atom. The average molecular weight is 351 g/mol. The molecule has 0 aliphatic carbocycles. The Morgan fingerprint density at radius 2 is 2.10 bits per heavy atom. The van der Waals surface area contributed by atoms with Gasteiger partial charge >= 0.3 is 0 Å². The summed E-state index contributed by atoms with van der Waals surface area (Å²) in [5.41, 5.74) is 3.89. The number of halogens is 2. The highest BCUT2D eigenvalue weighted by Gasteiger charge is 2.41. The van der Waals surface area contributed by atoms with E-state index in [2.05, 4.69) is 5.43 Å². The highest BCUT2D eigenvalue weighted by Crippen LogP contribution is 2.44. The van der Waals surface area contributed by atoms with Crippen molar-refractivity contribution in [2.24, 2.45) is 11.8 Å². The number of hydrazine groups is 1. The van der Waals surface area contributed by atoms with Crippen molar-refractivity contribution >= 4 is 34.5 Å². The van der Waals surface area contributed by atoms with Crippen LogP contribution in [0.3, 0.4) is 0 Å². The minimum absolute atomic E-state index is 0.0184. The number of rotatable bonds is 3. The zero-order valence-electron chi connectivity index (χ0n) is 11.7. The van der Waals surface area contributed by atoms with Crippen LogP contribution >= 0.6 is 34.5 Å². The second-order valence-electron chi connectivity index (χ2n) is 5.82. The fourth-order valence-electron chi connectivity index (χ4n) is 3.49. The van der Waals surface area contributed by atoms with Crippen LogP contribution in [0.5, 0.6) is 0 Å². The maximum Gasteiger partial charge on any atom is 0.0992 e. The van der Waals surface area contributed by atoms with Crippen molar-refractivity contribution in [3.63, 3.8) is 0 Å². The Labute approximate surface area is 138 Å². The third-order valence-electron chi connectivity index (χ3n) is 4.60. The summed E-state index contributed by atoms with van der Waals surface area (Å²) in [4.78, 5) is 0. The van der Waals surface area contributed by atoms with E-state index in [1.165, 1.54) is 11.3 Å². The second-order valence-corrected chi connectivity index (χ2v) is 8.11. The van der Waals surface area contributed by atoms with Gasteiger partial charge in [-0.25, -0.2) is 0 Å². The smallest absolute Gasteiger partial charge is 0.0992 e. The summed E-state index contributed by atoms with van der Waals surface area (Å²) >= 11 is 13.8. The molecule has 2 aliphatic rings. The van der Waals surface area contributed by atoms with E-state index in [4.69, 9.17) is 38.5 Å². The Balaban J connectivity index is 1.78. The van der Waals surface area contributed by atoms with Crippen molar-refractivity contribution in [3.8, 4) is 0 Å². The molecular weight excluding hydrogens is 331 g/mol. The lowest BCUT2D eigenvalue weighted by molar-refractivity contribution is -0.150. The Bertz CT molecular complexity index is 486. The molecule has 3 rings (SSSR count). The SMILES string of the molecule is NNC(c1cc(Cl)sc1Cl)C1CCOC2(CCOCC2)C1. The maximum absolute atomic E-state index is 6.30. The van der Waals surface area contributed by atoms with Gasteiger partial charge in [0, 0.05) is 25.4 Å². The van der Waals surface area contributed by atoms with Gasteiger partial charge in [-0.15, -0.1) is 11.3 Å². The second kappa shape index (κ2) is 6.71. The van der Waals surface area contributed by atoms with E-state index in [1.54, 1.807) is 0 Å². The average Bonchev–Trinajstić information content (AvgIpc) is 2.80. The van der Waals surface area contributed by atoms with E-state index >= 15 is 0 Å². The molecular formula is C14H20Cl2N2O2S. The largest absolute Gasteiger partial charge is 0.381 e. The molecule has 4 nitrogen and oxygen atoms in total. The normalized spacial score (nSPS) is 26.9. The van der Waals surface area contributed by atoms with E-state index < -0.39 is 0 Å². The summed E-state index contributed by atoms with van der Waals surface area (Å²) in [5, 5.41) is 0. The van der Waals surface area contributed by atoms with Gasteiger partial charge in [0.15, 0.2) is 0 Å². The summed E-state index contributed by atoms with van der Waals surface area (Å²) in [6.45, 7) is 2.31. The topological polar surface area (TPSA) is 56.5 Å². The van der Waals surface area contributed by atoms with Crippen LogP contribution < -0.4 is 11.3 Å². The van der Waals surface area contributed by atoms with E-state index in [0.717, 1.165) is 55.4 Å².